The maximum Gasteiger partial charge on any atom is 0.272 e. The van der Waals surface area contributed by atoms with Gasteiger partial charge in [-0.05, 0) is 23.8 Å². The highest BCUT2D eigenvalue weighted by atomic mass is 79.9. The number of benzene rings is 2. The molecule has 3 N–H and O–H groups in total. The van der Waals surface area contributed by atoms with Gasteiger partial charge in [0.15, 0.2) is 0 Å². The Kier molecular flexibility index (Phi) is 6.08. The first-order valence-electron chi connectivity index (χ1n) is 9.74. The summed E-state index contributed by atoms with van der Waals surface area (Å²) in [5, 5.41) is 3.76. The topological polar surface area (TPSA) is 75.6 Å². The highest BCUT2D eigenvalue weighted by Gasteiger charge is 2.19. The van der Waals surface area contributed by atoms with Crippen molar-refractivity contribution in [1.29, 1.82) is 0 Å². The normalized spacial score (nSPS) is 14.8. The number of anilines is 1. The minimum Gasteiger partial charge on any atom is -0.370 e. The van der Waals surface area contributed by atoms with Gasteiger partial charge in [0.05, 0.1) is 26.2 Å². The number of carbonyl (C=O) groups is 1. The van der Waals surface area contributed by atoms with E-state index in [0.717, 1.165) is 59.4 Å². The zero-order valence-electron chi connectivity index (χ0n) is 16.0. The molecule has 1 saturated heterocycles. The summed E-state index contributed by atoms with van der Waals surface area (Å²) < 4.78 is 6.27. The number of morpholine rings is 1. The molecule has 6 nitrogen and oxygen atoms in total. The van der Waals surface area contributed by atoms with E-state index in [1.165, 1.54) is 4.90 Å². The summed E-state index contributed by atoms with van der Waals surface area (Å²) in [6.45, 7) is 4.01. The van der Waals surface area contributed by atoms with Crippen molar-refractivity contribution in [2.75, 3.05) is 38.2 Å². The Hall–Kier alpha value is -2.48. The van der Waals surface area contributed by atoms with E-state index in [-0.39, 0.29) is 11.5 Å². The van der Waals surface area contributed by atoms with Crippen molar-refractivity contribution in [3.8, 4) is 11.1 Å². The monoisotopic (exact) mass is 456 g/mol. The molecule has 150 valence electrons. The number of hydrogen-bond donors (Lipinski definition) is 3. The summed E-state index contributed by atoms with van der Waals surface area (Å²) in [6.07, 6.45) is 0.361. The average molecular weight is 457 g/mol. The van der Waals surface area contributed by atoms with E-state index in [2.05, 4.69) is 26.2 Å². The molecule has 0 spiro atoms. The van der Waals surface area contributed by atoms with Crippen molar-refractivity contribution < 1.29 is 14.4 Å². The van der Waals surface area contributed by atoms with Crippen LogP contribution in [0.5, 0.6) is 0 Å². The number of ether oxygens (including phenoxy) is 1. The number of fused-ring (bicyclic) bond motifs is 1. The van der Waals surface area contributed by atoms with Crippen LogP contribution in [0.2, 0.25) is 0 Å². The second kappa shape index (κ2) is 8.90. The Balaban J connectivity index is 1.68. The van der Waals surface area contributed by atoms with E-state index in [4.69, 9.17) is 4.74 Å². The molecule has 0 bridgehead atoms. The first-order chi connectivity index (χ1) is 14.1. The Labute approximate surface area is 177 Å². The Morgan fingerprint density at radius 2 is 1.90 bits per heavy atom. The molecule has 4 rings (SSSR count). The molecule has 1 aromatic heterocycles. The van der Waals surface area contributed by atoms with Crippen molar-refractivity contribution >= 4 is 38.4 Å². The molecular weight excluding hydrogens is 434 g/mol. The zero-order valence-corrected chi connectivity index (χ0v) is 17.6. The van der Waals surface area contributed by atoms with Crippen LogP contribution in [-0.4, -0.2) is 43.7 Å². The number of aromatic amines is 1. The number of quaternary nitrogens is 1. The van der Waals surface area contributed by atoms with Crippen LogP contribution in [0, 0.1) is 0 Å². The third-order valence-electron chi connectivity index (χ3n) is 5.21. The van der Waals surface area contributed by atoms with Crippen LogP contribution in [-0.2, 0) is 9.53 Å². The molecular formula is C22H23BrN3O3+. The number of carbonyl (C=O) groups excluding carboxylic acids is 1. The smallest absolute Gasteiger partial charge is 0.272 e. The summed E-state index contributed by atoms with van der Waals surface area (Å²) in [6, 6.07) is 15.4. The molecule has 0 aliphatic carbocycles. The fourth-order valence-electron chi connectivity index (χ4n) is 3.69. The number of halogens is 1. The molecule has 2 aromatic carbocycles. The standard InChI is InChI=1S/C22H22BrN3O3/c23-16-6-7-18-17(14-16)20(15-4-2-1-3-5-15)21(22(28)24-18)25-19(27)8-9-26-10-12-29-13-11-26/h1-7,14H,8-13H2,(H,24,28)(H,25,27)/p+1. The minimum absolute atomic E-state index is 0.152. The van der Waals surface area contributed by atoms with Crippen LogP contribution >= 0.6 is 15.9 Å². The van der Waals surface area contributed by atoms with Gasteiger partial charge in [0.1, 0.15) is 18.8 Å². The summed E-state index contributed by atoms with van der Waals surface area (Å²) in [4.78, 5) is 29.8. The predicted molar refractivity (Wildman–Crippen MR) is 117 cm³/mol. The Morgan fingerprint density at radius 3 is 2.66 bits per heavy atom. The third-order valence-corrected chi connectivity index (χ3v) is 5.70. The molecule has 1 fully saturated rings. The lowest BCUT2D eigenvalue weighted by atomic mass is 9.99. The summed E-state index contributed by atoms with van der Waals surface area (Å²) in [5.74, 6) is -0.152. The maximum absolute atomic E-state index is 12.8. The molecule has 1 aliphatic heterocycles. The number of aromatic nitrogens is 1. The molecule has 0 radical (unpaired) electrons. The van der Waals surface area contributed by atoms with E-state index in [0.29, 0.717) is 12.1 Å². The van der Waals surface area contributed by atoms with Gasteiger partial charge in [-0.3, -0.25) is 9.59 Å². The number of amides is 1. The average Bonchev–Trinajstić information content (AvgIpc) is 2.74. The quantitative estimate of drug-likeness (QED) is 0.550. The number of H-pyrrole nitrogens is 1. The lowest BCUT2D eigenvalue weighted by Crippen LogP contribution is -3.14. The fourth-order valence-corrected chi connectivity index (χ4v) is 4.05. The van der Waals surface area contributed by atoms with Gasteiger partial charge in [-0.2, -0.15) is 0 Å². The Morgan fingerprint density at radius 1 is 1.14 bits per heavy atom. The first-order valence-corrected chi connectivity index (χ1v) is 10.5. The van der Waals surface area contributed by atoms with Gasteiger partial charge in [0, 0.05) is 20.9 Å². The van der Waals surface area contributed by atoms with Crippen LogP contribution in [0.1, 0.15) is 6.42 Å². The van der Waals surface area contributed by atoms with E-state index in [1.54, 1.807) is 0 Å². The van der Waals surface area contributed by atoms with Crippen LogP contribution in [0.15, 0.2) is 57.8 Å². The number of nitrogens with one attached hydrogen (secondary N) is 3. The molecule has 2 heterocycles. The van der Waals surface area contributed by atoms with Gasteiger partial charge in [0.2, 0.25) is 5.91 Å². The summed E-state index contributed by atoms with van der Waals surface area (Å²) in [5.41, 5.74) is 2.34. The molecule has 0 unspecified atom stereocenters. The van der Waals surface area contributed by atoms with E-state index in [9.17, 15) is 9.59 Å². The molecule has 7 heteroatoms. The van der Waals surface area contributed by atoms with Crippen molar-refractivity contribution in [3.05, 3.63) is 63.4 Å². The van der Waals surface area contributed by atoms with Crippen LogP contribution in [0.25, 0.3) is 22.0 Å². The first kappa shape index (κ1) is 19.8. The number of rotatable bonds is 5. The molecule has 1 aliphatic rings. The van der Waals surface area contributed by atoms with Crippen LogP contribution in [0.3, 0.4) is 0 Å². The van der Waals surface area contributed by atoms with Crippen LogP contribution in [0.4, 0.5) is 5.69 Å². The van der Waals surface area contributed by atoms with Crippen molar-refractivity contribution in [2.45, 2.75) is 6.42 Å². The summed E-state index contributed by atoms with van der Waals surface area (Å²) >= 11 is 3.51. The largest absolute Gasteiger partial charge is 0.370 e. The third kappa shape index (κ3) is 4.58. The van der Waals surface area contributed by atoms with Crippen molar-refractivity contribution in [1.82, 2.24) is 4.98 Å². The highest BCUT2D eigenvalue weighted by Crippen LogP contribution is 2.33. The van der Waals surface area contributed by atoms with Gasteiger partial charge >= 0.3 is 0 Å². The lowest BCUT2D eigenvalue weighted by molar-refractivity contribution is -0.907. The van der Waals surface area contributed by atoms with Crippen LogP contribution < -0.4 is 15.8 Å². The fraction of sp³-hybridized carbons (Fsp3) is 0.273. The van der Waals surface area contributed by atoms with Crippen molar-refractivity contribution in [2.24, 2.45) is 0 Å². The number of hydrogen-bond acceptors (Lipinski definition) is 3. The highest BCUT2D eigenvalue weighted by molar-refractivity contribution is 9.10. The molecule has 3 aromatic rings. The second-order valence-electron chi connectivity index (χ2n) is 7.17. The van der Waals surface area contributed by atoms with Crippen molar-refractivity contribution in [3.63, 3.8) is 0 Å². The predicted octanol–water partition coefficient (Wildman–Crippen LogP) is 2.20. The zero-order chi connectivity index (χ0) is 20.2. The molecule has 29 heavy (non-hydrogen) atoms. The molecule has 1 amide bonds. The molecule has 0 atom stereocenters. The van der Waals surface area contributed by atoms with Gasteiger partial charge in [-0.1, -0.05) is 46.3 Å². The van der Waals surface area contributed by atoms with E-state index < -0.39 is 0 Å². The Bertz CT molecular complexity index is 1080. The number of pyridine rings is 1. The summed E-state index contributed by atoms with van der Waals surface area (Å²) in [7, 11) is 0. The second-order valence-corrected chi connectivity index (χ2v) is 8.09. The SMILES string of the molecule is O=C(CC[NH+]1CCOCC1)Nc1c(-c2ccccc2)c2cc(Br)ccc2[nH]c1=O. The van der Waals surface area contributed by atoms with E-state index in [1.807, 2.05) is 48.5 Å². The lowest BCUT2D eigenvalue weighted by Gasteiger charge is -2.23. The van der Waals surface area contributed by atoms with Gasteiger partial charge in [0.25, 0.3) is 5.56 Å². The van der Waals surface area contributed by atoms with Gasteiger partial charge in [-0.15, -0.1) is 0 Å². The van der Waals surface area contributed by atoms with Gasteiger partial charge in [-0.25, -0.2) is 0 Å². The maximum atomic E-state index is 12.8. The minimum atomic E-state index is -0.300. The molecule has 0 saturated carbocycles. The van der Waals surface area contributed by atoms with Gasteiger partial charge < -0.3 is 19.9 Å². The van der Waals surface area contributed by atoms with E-state index >= 15 is 0 Å².